The Balaban J connectivity index is 0. The van der Waals surface area contributed by atoms with Gasteiger partial charge in [0.2, 0.25) is 0 Å². The van der Waals surface area contributed by atoms with Gasteiger partial charge in [-0.3, -0.25) is 0 Å². The molecule has 0 N–H and O–H groups in total. The van der Waals surface area contributed by atoms with Crippen LogP contribution in [0.25, 0.3) is 0 Å². The van der Waals surface area contributed by atoms with Crippen LogP contribution in [0.5, 0.6) is 0 Å². The Morgan fingerprint density at radius 3 is 1.12 bits per heavy atom. The summed E-state index contributed by atoms with van der Waals surface area (Å²) in [5.74, 6) is 0. The van der Waals surface area contributed by atoms with Gasteiger partial charge < -0.3 is 4.90 Å². The third-order valence-corrected chi connectivity index (χ3v) is 1.34. The van der Waals surface area contributed by atoms with Gasteiger partial charge in [-0.2, -0.15) is 0 Å². The fourth-order valence-electron chi connectivity index (χ4n) is 0.671. The Kier molecular flexibility index (Phi) is 10.5. The fourth-order valence-corrected chi connectivity index (χ4v) is 0.671. The molecule has 0 saturated heterocycles. The molecule has 0 aromatic carbocycles. The van der Waals surface area contributed by atoms with Crippen LogP contribution in [0, 0.1) is 0 Å². The molecular weight excluding hydrogens is 145 g/mol. The van der Waals surface area contributed by atoms with Gasteiger partial charge in [0.05, 0.1) is 0 Å². The average molecular weight is 160 g/mol. The Morgan fingerprint density at radius 2 is 1.12 bits per heavy atom. The van der Waals surface area contributed by atoms with E-state index in [9.17, 15) is 0 Å². The maximum Gasteiger partial charge on any atom is 0 e. The molecule has 0 aromatic heterocycles. The van der Waals surface area contributed by atoms with Gasteiger partial charge >= 0.3 is 0 Å². The molecule has 54 valence electrons. The third kappa shape index (κ3) is 4.61. The van der Waals surface area contributed by atoms with E-state index in [4.69, 9.17) is 0 Å². The summed E-state index contributed by atoms with van der Waals surface area (Å²) in [5.41, 5.74) is 0. The van der Waals surface area contributed by atoms with Gasteiger partial charge in [0.25, 0.3) is 0 Å². The van der Waals surface area contributed by atoms with Crippen molar-refractivity contribution < 1.29 is 16.5 Å². The molecule has 0 atom stereocenters. The van der Waals surface area contributed by atoms with Gasteiger partial charge in [-0.05, 0) is 19.6 Å². The van der Waals surface area contributed by atoms with E-state index in [0.717, 1.165) is 0 Å². The van der Waals surface area contributed by atoms with Crippen molar-refractivity contribution in [1.29, 1.82) is 0 Å². The minimum absolute atomic E-state index is 0. The minimum atomic E-state index is 0. The van der Waals surface area contributed by atoms with Crippen molar-refractivity contribution in [3.8, 4) is 0 Å². The molecule has 0 saturated carbocycles. The molecule has 0 fully saturated rings. The molecular formula is C6H15NNi. The number of hydrogen-bond donors (Lipinski definition) is 0. The predicted molar refractivity (Wildman–Crippen MR) is 33.5 cm³/mol. The van der Waals surface area contributed by atoms with Gasteiger partial charge in [-0.1, -0.05) is 20.8 Å². The van der Waals surface area contributed by atoms with Crippen LogP contribution < -0.4 is 0 Å². The second-order valence-corrected chi connectivity index (χ2v) is 1.62. The molecule has 0 radical (unpaired) electrons. The molecule has 0 bridgehead atoms. The Bertz CT molecular complexity index is 30.0. The van der Waals surface area contributed by atoms with Crippen LogP contribution in [-0.2, 0) is 16.5 Å². The zero-order valence-electron chi connectivity index (χ0n) is 5.88. The van der Waals surface area contributed by atoms with E-state index < -0.39 is 0 Å². The zero-order valence-corrected chi connectivity index (χ0v) is 6.87. The van der Waals surface area contributed by atoms with Crippen LogP contribution in [0.2, 0.25) is 0 Å². The smallest absolute Gasteiger partial charge is 0 e. The molecule has 2 heteroatoms. The molecule has 0 aliphatic carbocycles. The number of hydrogen-bond acceptors (Lipinski definition) is 1. The summed E-state index contributed by atoms with van der Waals surface area (Å²) >= 11 is 0. The molecule has 0 unspecified atom stereocenters. The summed E-state index contributed by atoms with van der Waals surface area (Å²) in [6, 6.07) is 0. The maximum absolute atomic E-state index is 2.38. The van der Waals surface area contributed by atoms with E-state index in [1.165, 1.54) is 19.6 Å². The second-order valence-electron chi connectivity index (χ2n) is 1.62. The zero-order chi connectivity index (χ0) is 5.70. The summed E-state index contributed by atoms with van der Waals surface area (Å²) in [6.45, 7) is 10.1. The molecule has 0 aliphatic heterocycles. The summed E-state index contributed by atoms with van der Waals surface area (Å²) in [4.78, 5) is 2.38. The largest absolute Gasteiger partial charge is 0.304 e. The van der Waals surface area contributed by atoms with Crippen molar-refractivity contribution in [3.63, 3.8) is 0 Å². The predicted octanol–water partition coefficient (Wildman–Crippen LogP) is 1.35. The first-order valence-corrected chi connectivity index (χ1v) is 3.07. The van der Waals surface area contributed by atoms with Crippen molar-refractivity contribution >= 4 is 0 Å². The molecule has 0 aromatic rings. The van der Waals surface area contributed by atoms with Crippen LogP contribution in [0.4, 0.5) is 0 Å². The Labute approximate surface area is 62.4 Å². The van der Waals surface area contributed by atoms with Crippen molar-refractivity contribution in [2.45, 2.75) is 20.8 Å². The Hall–Kier alpha value is 0.454. The third-order valence-electron chi connectivity index (χ3n) is 1.34. The molecule has 1 nitrogen and oxygen atoms in total. The fraction of sp³-hybridized carbons (Fsp3) is 1.00. The van der Waals surface area contributed by atoms with E-state index in [1.54, 1.807) is 0 Å². The summed E-state index contributed by atoms with van der Waals surface area (Å²) < 4.78 is 0. The monoisotopic (exact) mass is 159 g/mol. The van der Waals surface area contributed by atoms with E-state index in [1.807, 2.05) is 0 Å². The van der Waals surface area contributed by atoms with E-state index in [2.05, 4.69) is 25.7 Å². The van der Waals surface area contributed by atoms with Crippen molar-refractivity contribution in [2.24, 2.45) is 0 Å². The van der Waals surface area contributed by atoms with Gasteiger partial charge in [-0.25, -0.2) is 0 Å². The van der Waals surface area contributed by atoms with Gasteiger partial charge in [0.15, 0.2) is 0 Å². The first kappa shape index (κ1) is 11.3. The van der Waals surface area contributed by atoms with Crippen LogP contribution >= 0.6 is 0 Å². The van der Waals surface area contributed by atoms with Crippen LogP contribution in [-0.4, -0.2) is 24.5 Å². The van der Waals surface area contributed by atoms with Crippen molar-refractivity contribution in [1.82, 2.24) is 4.90 Å². The van der Waals surface area contributed by atoms with E-state index in [0.29, 0.717) is 0 Å². The molecule has 8 heavy (non-hydrogen) atoms. The molecule has 0 spiro atoms. The van der Waals surface area contributed by atoms with E-state index in [-0.39, 0.29) is 16.5 Å². The standard InChI is InChI=1S/C6H15N.Ni/c1-4-7(5-2)6-3;/h4-6H2,1-3H3;. The van der Waals surface area contributed by atoms with Crippen LogP contribution in [0.3, 0.4) is 0 Å². The number of rotatable bonds is 3. The molecule has 0 rings (SSSR count). The first-order valence-electron chi connectivity index (χ1n) is 3.07. The summed E-state index contributed by atoms with van der Waals surface area (Å²) in [5, 5.41) is 0. The summed E-state index contributed by atoms with van der Waals surface area (Å²) in [7, 11) is 0. The SMILES string of the molecule is CCN(CC)CC.[Ni]. The molecule has 0 heterocycles. The van der Waals surface area contributed by atoms with Gasteiger partial charge in [0, 0.05) is 16.5 Å². The normalized spacial score (nSPS) is 9.00. The van der Waals surface area contributed by atoms with Crippen molar-refractivity contribution in [3.05, 3.63) is 0 Å². The quantitative estimate of drug-likeness (QED) is 0.563. The molecule has 0 amide bonds. The maximum atomic E-state index is 2.38. The van der Waals surface area contributed by atoms with Crippen molar-refractivity contribution in [2.75, 3.05) is 19.6 Å². The van der Waals surface area contributed by atoms with E-state index >= 15 is 0 Å². The Morgan fingerprint density at radius 1 is 0.875 bits per heavy atom. The summed E-state index contributed by atoms with van der Waals surface area (Å²) in [6.07, 6.45) is 0. The van der Waals surface area contributed by atoms with Crippen LogP contribution in [0.1, 0.15) is 20.8 Å². The van der Waals surface area contributed by atoms with Gasteiger partial charge in [0.1, 0.15) is 0 Å². The second kappa shape index (κ2) is 7.45. The topological polar surface area (TPSA) is 3.24 Å². The first-order chi connectivity index (χ1) is 3.35. The minimum Gasteiger partial charge on any atom is -0.304 e. The number of nitrogens with zero attached hydrogens (tertiary/aromatic N) is 1. The van der Waals surface area contributed by atoms with Gasteiger partial charge in [-0.15, -0.1) is 0 Å². The average Bonchev–Trinajstić information content (AvgIpc) is 1.72. The molecule has 0 aliphatic rings. The van der Waals surface area contributed by atoms with Crippen LogP contribution in [0.15, 0.2) is 0 Å².